The first-order valence-corrected chi connectivity index (χ1v) is 3.69. The van der Waals surface area contributed by atoms with Crippen LogP contribution < -0.4 is 10.5 Å². The Balaban J connectivity index is 2.79. The predicted octanol–water partition coefficient (Wildman–Crippen LogP) is 1.06. The lowest BCUT2D eigenvalue weighted by molar-refractivity contribution is 0.409. The Hall–Kier alpha value is -1.78. The summed E-state index contributed by atoms with van der Waals surface area (Å²) in [5.74, 6) is 0.218. The molecule has 68 valence electrons. The molecule has 0 aliphatic carbocycles. The zero-order chi connectivity index (χ0) is 9.42. The zero-order valence-corrected chi connectivity index (χ0v) is 6.99. The van der Waals surface area contributed by atoms with Gasteiger partial charge in [0.1, 0.15) is 17.2 Å². The molecule has 0 aromatic carbocycles. The summed E-state index contributed by atoms with van der Waals surface area (Å²) in [6.45, 7) is 0. The van der Waals surface area contributed by atoms with Crippen LogP contribution in [0.15, 0.2) is 18.3 Å². The van der Waals surface area contributed by atoms with E-state index in [9.17, 15) is 4.39 Å². The first-order valence-electron chi connectivity index (χ1n) is 3.69. The minimum absolute atomic E-state index is 0.273. The Morgan fingerprint density at radius 1 is 1.54 bits per heavy atom. The van der Waals surface area contributed by atoms with E-state index in [0.717, 1.165) is 0 Å². The van der Waals surface area contributed by atoms with Crippen molar-refractivity contribution in [3.05, 3.63) is 24.3 Å². The zero-order valence-electron chi connectivity index (χ0n) is 6.99. The number of hydrogen-bond acceptors (Lipinski definition) is 3. The molecule has 2 aromatic heterocycles. The van der Waals surface area contributed by atoms with Crippen LogP contribution in [-0.4, -0.2) is 16.5 Å². The molecule has 0 amide bonds. The van der Waals surface area contributed by atoms with Gasteiger partial charge >= 0.3 is 0 Å². The largest absolute Gasteiger partial charge is 0.496 e. The smallest absolute Gasteiger partial charge is 0.204 e. The van der Waals surface area contributed by atoms with Gasteiger partial charge in [-0.05, 0) is 0 Å². The first kappa shape index (κ1) is 7.85. The summed E-state index contributed by atoms with van der Waals surface area (Å²) in [4.78, 5) is 3.91. The van der Waals surface area contributed by atoms with Gasteiger partial charge in [0, 0.05) is 12.1 Å². The van der Waals surface area contributed by atoms with Crippen molar-refractivity contribution >= 4 is 11.5 Å². The number of hydrogen-bond donors (Lipinski definition) is 1. The first-order chi connectivity index (χ1) is 6.22. The number of imidazole rings is 1. The Morgan fingerprint density at radius 2 is 2.31 bits per heavy atom. The topological polar surface area (TPSA) is 52.5 Å². The van der Waals surface area contributed by atoms with Gasteiger partial charge in [0.2, 0.25) is 5.95 Å². The molecule has 0 spiro atoms. The summed E-state index contributed by atoms with van der Waals surface area (Å²) in [6, 6.07) is 2.87. The van der Waals surface area contributed by atoms with Crippen LogP contribution in [0.2, 0.25) is 0 Å². The fraction of sp³-hybridized carbons (Fsp3) is 0.125. The van der Waals surface area contributed by atoms with Gasteiger partial charge in [-0.15, -0.1) is 0 Å². The highest BCUT2D eigenvalue weighted by atomic mass is 19.1. The molecule has 0 fully saturated rings. The average molecular weight is 181 g/mol. The van der Waals surface area contributed by atoms with Crippen molar-refractivity contribution in [2.75, 3.05) is 12.8 Å². The van der Waals surface area contributed by atoms with E-state index >= 15 is 0 Å². The van der Waals surface area contributed by atoms with Crippen molar-refractivity contribution in [2.24, 2.45) is 0 Å². The lowest BCUT2D eigenvalue weighted by Crippen LogP contribution is -1.98. The van der Waals surface area contributed by atoms with Gasteiger partial charge in [-0.2, -0.15) is 4.39 Å². The summed E-state index contributed by atoms with van der Waals surface area (Å²) in [5, 5.41) is 0. The molecule has 2 heterocycles. The van der Waals surface area contributed by atoms with Gasteiger partial charge in [0.25, 0.3) is 0 Å². The van der Waals surface area contributed by atoms with Crippen molar-refractivity contribution in [1.29, 1.82) is 0 Å². The van der Waals surface area contributed by atoms with Gasteiger partial charge in [0.15, 0.2) is 0 Å². The Bertz CT molecular complexity index is 452. The number of nitrogens with zero attached hydrogens (tertiary/aromatic N) is 2. The van der Waals surface area contributed by atoms with Gasteiger partial charge < -0.3 is 10.5 Å². The normalized spacial score (nSPS) is 10.6. The fourth-order valence-corrected chi connectivity index (χ4v) is 1.18. The van der Waals surface area contributed by atoms with Gasteiger partial charge in [0.05, 0.1) is 13.3 Å². The number of rotatable bonds is 1. The van der Waals surface area contributed by atoms with E-state index < -0.39 is 5.95 Å². The van der Waals surface area contributed by atoms with Crippen LogP contribution in [0.4, 0.5) is 10.2 Å². The van der Waals surface area contributed by atoms with E-state index in [-0.39, 0.29) is 5.82 Å². The third kappa shape index (κ3) is 1.09. The Kier molecular flexibility index (Phi) is 1.58. The molecule has 2 N–H and O–H groups in total. The van der Waals surface area contributed by atoms with Crippen LogP contribution in [0.3, 0.4) is 0 Å². The average Bonchev–Trinajstić information content (AvgIpc) is 2.48. The molecule has 5 heteroatoms. The number of aromatic nitrogens is 2. The molecular weight excluding hydrogens is 173 g/mol. The highest BCUT2D eigenvalue weighted by molar-refractivity contribution is 5.51. The van der Waals surface area contributed by atoms with E-state index in [2.05, 4.69) is 4.98 Å². The van der Waals surface area contributed by atoms with E-state index in [1.807, 2.05) is 0 Å². The van der Waals surface area contributed by atoms with Gasteiger partial charge in [-0.3, -0.25) is 4.40 Å². The van der Waals surface area contributed by atoms with Gasteiger partial charge in [-0.25, -0.2) is 4.98 Å². The molecule has 13 heavy (non-hydrogen) atoms. The van der Waals surface area contributed by atoms with Crippen molar-refractivity contribution in [2.45, 2.75) is 0 Å². The number of halogens is 1. The lowest BCUT2D eigenvalue weighted by atomic mass is 10.4. The SMILES string of the molecule is COc1cc(F)n2c(N)cnc2c1. The molecule has 0 atom stereocenters. The van der Waals surface area contributed by atoms with Crippen molar-refractivity contribution < 1.29 is 9.13 Å². The number of nitrogen functional groups attached to an aromatic ring is 1. The van der Waals surface area contributed by atoms with E-state index in [0.29, 0.717) is 11.4 Å². The maximum atomic E-state index is 13.3. The van der Waals surface area contributed by atoms with E-state index in [1.165, 1.54) is 23.8 Å². The lowest BCUT2D eigenvalue weighted by Gasteiger charge is -2.02. The molecule has 0 bridgehead atoms. The van der Waals surface area contributed by atoms with Gasteiger partial charge in [-0.1, -0.05) is 0 Å². The molecular formula is C8H8FN3O. The summed E-state index contributed by atoms with van der Waals surface area (Å²) in [5.41, 5.74) is 5.93. The Labute approximate surface area is 73.8 Å². The van der Waals surface area contributed by atoms with Crippen molar-refractivity contribution in [1.82, 2.24) is 9.38 Å². The third-order valence-electron chi connectivity index (χ3n) is 1.80. The number of ether oxygens (including phenoxy) is 1. The second kappa shape index (κ2) is 2.62. The van der Waals surface area contributed by atoms with Crippen LogP contribution in [-0.2, 0) is 0 Å². The number of methoxy groups -OCH3 is 1. The highest BCUT2D eigenvalue weighted by Gasteiger charge is 2.06. The van der Waals surface area contributed by atoms with Crippen LogP contribution in [0.1, 0.15) is 0 Å². The quantitative estimate of drug-likeness (QED) is 0.669. The number of pyridine rings is 1. The van der Waals surface area contributed by atoms with Crippen LogP contribution in [0, 0.1) is 5.95 Å². The number of nitrogens with two attached hydrogens (primary N) is 1. The second-order valence-electron chi connectivity index (χ2n) is 2.59. The monoisotopic (exact) mass is 181 g/mol. The molecule has 0 radical (unpaired) electrons. The number of fused-ring (bicyclic) bond motifs is 1. The molecule has 2 aromatic rings. The minimum Gasteiger partial charge on any atom is -0.496 e. The minimum atomic E-state index is -0.482. The summed E-state index contributed by atoms with van der Waals surface area (Å²) >= 11 is 0. The molecule has 0 aliphatic heterocycles. The van der Waals surface area contributed by atoms with Crippen molar-refractivity contribution in [3.8, 4) is 5.75 Å². The van der Waals surface area contributed by atoms with E-state index in [4.69, 9.17) is 10.5 Å². The molecule has 2 rings (SSSR count). The van der Waals surface area contributed by atoms with E-state index in [1.54, 1.807) is 6.07 Å². The summed E-state index contributed by atoms with van der Waals surface area (Å²) in [6.07, 6.45) is 1.40. The highest BCUT2D eigenvalue weighted by Crippen LogP contribution is 2.18. The predicted molar refractivity (Wildman–Crippen MR) is 46.1 cm³/mol. The van der Waals surface area contributed by atoms with Crippen LogP contribution in [0.25, 0.3) is 5.65 Å². The molecule has 0 saturated heterocycles. The molecule has 0 saturated carbocycles. The Morgan fingerprint density at radius 3 is 3.00 bits per heavy atom. The summed E-state index contributed by atoms with van der Waals surface area (Å²) in [7, 11) is 1.47. The molecule has 0 unspecified atom stereocenters. The van der Waals surface area contributed by atoms with Crippen LogP contribution >= 0.6 is 0 Å². The second-order valence-corrected chi connectivity index (χ2v) is 2.59. The third-order valence-corrected chi connectivity index (χ3v) is 1.80. The molecule has 0 aliphatic rings. The molecule has 4 nitrogen and oxygen atoms in total. The standard InChI is InChI=1S/C8H8FN3O/c1-13-5-2-6(9)12-7(10)4-11-8(12)3-5/h2-4H,10H2,1H3. The maximum absolute atomic E-state index is 13.3. The number of anilines is 1. The summed E-state index contributed by atoms with van der Waals surface area (Å²) < 4.78 is 19.4. The fourth-order valence-electron chi connectivity index (χ4n) is 1.18. The van der Waals surface area contributed by atoms with Crippen molar-refractivity contribution in [3.63, 3.8) is 0 Å². The van der Waals surface area contributed by atoms with Crippen LogP contribution in [0.5, 0.6) is 5.75 Å². The maximum Gasteiger partial charge on any atom is 0.204 e.